The number of fused-ring (bicyclic) bond motifs is 1. The van der Waals surface area contributed by atoms with Crippen molar-refractivity contribution < 1.29 is 4.74 Å². The molecule has 0 N–H and O–H groups in total. The lowest BCUT2D eigenvalue weighted by Gasteiger charge is -2.21. The number of hydrogen-bond donors (Lipinski definition) is 0. The summed E-state index contributed by atoms with van der Waals surface area (Å²) in [6.45, 7) is 0.887. The van der Waals surface area contributed by atoms with Crippen molar-refractivity contribution in [1.82, 2.24) is 0 Å². The van der Waals surface area contributed by atoms with Crippen molar-refractivity contribution in [1.29, 1.82) is 0 Å². The molecule has 0 saturated carbocycles. The van der Waals surface area contributed by atoms with Gasteiger partial charge in [-0.25, -0.2) is 0 Å². The fourth-order valence-electron chi connectivity index (χ4n) is 2.77. The van der Waals surface area contributed by atoms with Crippen molar-refractivity contribution in [3.63, 3.8) is 0 Å². The minimum absolute atomic E-state index is 0.526. The molecular weight excluding hydrogens is 276 g/mol. The summed E-state index contributed by atoms with van der Waals surface area (Å²) < 4.78 is 5.15. The van der Waals surface area contributed by atoms with Crippen LogP contribution < -0.4 is 0 Å². The lowest BCUT2D eigenvalue weighted by molar-refractivity contribution is 0.185. The molecule has 1 aliphatic rings. The third kappa shape index (κ3) is 3.32. The molecule has 1 aromatic rings. The maximum Gasteiger partial charge on any atom is 0.0462 e. The highest BCUT2D eigenvalue weighted by molar-refractivity contribution is 9.09. The average molecular weight is 297 g/mol. The molecule has 0 bridgehead atoms. The lowest BCUT2D eigenvalue weighted by atomic mass is 9.92. The number of benzene rings is 1. The second-order valence-electron chi connectivity index (χ2n) is 4.89. The molecule has 2 unspecified atom stereocenters. The van der Waals surface area contributed by atoms with Gasteiger partial charge in [0.15, 0.2) is 0 Å². The summed E-state index contributed by atoms with van der Waals surface area (Å²) in [6.07, 6.45) is 6.31. The Morgan fingerprint density at radius 1 is 1.35 bits per heavy atom. The number of alkyl halides is 1. The van der Waals surface area contributed by atoms with Crippen molar-refractivity contribution in [2.45, 2.75) is 36.9 Å². The highest BCUT2D eigenvalue weighted by Crippen LogP contribution is 2.41. The Hall–Kier alpha value is -0.340. The third-order valence-corrected chi connectivity index (χ3v) is 4.95. The van der Waals surface area contributed by atoms with E-state index in [2.05, 4.69) is 40.2 Å². The molecular formula is C15H21BrO. The van der Waals surface area contributed by atoms with Crippen molar-refractivity contribution in [2.24, 2.45) is 5.92 Å². The quantitative estimate of drug-likeness (QED) is 0.451. The summed E-state index contributed by atoms with van der Waals surface area (Å²) in [6, 6.07) is 8.87. The van der Waals surface area contributed by atoms with Gasteiger partial charge in [0.25, 0.3) is 0 Å². The van der Waals surface area contributed by atoms with Crippen molar-refractivity contribution in [3.05, 3.63) is 35.4 Å². The molecule has 0 amide bonds. The predicted molar refractivity (Wildman–Crippen MR) is 75.6 cm³/mol. The molecule has 2 rings (SSSR count). The van der Waals surface area contributed by atoms with Gasteiger partial charge in [-0.2, -0.15) is 0 Å². The van der Waals surface area contributed by atoms with Crippen LogP contribution in [0.1, 0.15) is 41.6 Å². The number of ether oxygens (including phenoxy) is 1. The highest BCUT2D eigenvalue weighted by atomic mass is 79.9. The van der Waals surface area contributed by atoms with E-state index in [1.165, 1.54) is 43.2 Å². The number of methoxy groups -OCH3 is 1. The number of hydrogen-bond acceptors (Lipinski definition) is 1. The molecule has 2 atom stereocenters. The normalized spacial score (nSPS) is 24.1. The van der Waals surface area contributed by atoms with E-state index < -0.39 is 0 Å². The minimum atomic E-state index is 0.526. The lowest BCUT2D eigenvalue weighted by Crippen LogP contribution is -2.08. The maximum absolute atomic E-state index is 5.15. The van der Waals surface area contributed by atoms with Crippen molar-refractivity contribution in [2.75, 3.05) is 13.7 Å². The first-order chi connectivity index (χ1) is 8.33. The van der Waals surface area contributed by atoms with E-state index in [0.29, 0.717) is 4.83 Å². The SMILES string of the molecule is COCCCC1CCCc2ccccc2C1Br. The Balaban J connectivity index is 2.06. The molecule has 0 aromatic heterocycles. The van der Waals surface area contributed by atoms with Crippen LogP contribution in [0.25, 0.3) is 0 Å². The van der Waals surface area contributed by atoms with Gasteiger partial charge in [-0.3, -0.25) is 0 Å². The zero-order valence-corrected chi connectivity index (χ0v) is 12.1. The Morgan fingerprint density at radius 3 is 3.00 bits per heavy atom. The van der Waals surface area contributed by atoms with Gasteiger partial charge in [0.2, 0.25) is 0 Å². The van der Waals surface area contributed by atoms with Crippen LogP contribution in [0.3, 0.4) is 0 Å². The van der Waals surface area contributed by atoms with E-state index in [1.54, 1.807) is 7.11 Å². The Bertz CT molecular complexity index is 351. The molecule has 17 heavy (non-hydrogen) atoms. The summed E-state index contributed by atoms with van der Waals surface area (Å²) in [5, 5.41) is 0. The van der Waals surface area contributed by atoms with Crippen LogP contribution in [0.4, 0.5) is 0 Å². The fraction of sp³-hybridized carbons (Fsp3) is 0.600. The summed E-state index contributed by atoms with van der Waals surface area (Å²) in [4.78, 5) is 0.526. The van der Waals surface area contributed by atoms with Crippen molar-refractivity contribution in [3.8, 4) is 0 Å². The average Bonchev–Trinajstić information content (AvgIpc) is 2.51. The van der Waals surface area contributed by atoms with Crippen LogP contribution in [0.15, 0.2) is 24.3 Å². The molecule has 1 aliphatic carbocycles. The van der Waals surface area contributed by atoms with E-state index in [-0.39, 0.29) is 0 Å². The van der Waals surface area contributed by atoms with E-state index in [4.69, 9.17) is 4.74 Å². The Morgan fingerprint density at radius 2 is 2.18 bits per heavy atom. The summed E-state index contributed by atoms with van der Waals surface area (Å²) in [5.41, 5.74) is 3.04. The molecule has 0 radical (unpaired) electrons. The summed E-state index contributed by atoms with van der Waals surface area (Å²) in [7, 11) is 1.79. The summed E-state index contributed by atoms with van der Waals surface area (Å²) >= 11 is 3.91. The maximum atomic E-state index is 5.15. The smallest absolute Gasteiger partial charge is 0.0462 e. The van der Waals surface area contributed by atoms with Gasteiger partial charge in [0.1, 0.15) is 0 Å². The monoisotopic (exact) mass is 296 g/mol. The first kappa shape index (κ1) is 13.1. The van der Waals surface area contributed by atoms with Crippen LogP contribution >= 0.6 is 15.9 Å². The van der Waals surface area contributed by atoms with Crippen LogP contribution in [0.5, 0.6) is 0 Å². The standard InChI is InChI=1S/C15H21BrO/c1-17-11-5-9-13-8-4-7-12-6-2-3-10-14(12)15(13)16/h2-3,6,10,13,15H,4-5,7-9,11H2,1H3. The molecule has 2 heteroatoms. The fourth-order valence-corrected chi connectivity index (χ4v) is 3.74. The van der Waals surface area contributed by atoms with Gasteiger partial charge in [-0.15, -0.1) is 0 Å². The van der Waals surface area contributed by atoms with E-state index in [1.807, 2.05) is 0 Å². The first-order valence-electron chi connectivity index (χ1n) is 6.53. The molecule has 0 fully saturated rings. The van der Waals surface area contributed by atoms with E-state index >= 15 is 0 Å². The number of halogens is 1. The van der Waals surface area contributed by atoms with Crippen molar-refractivity contribution >= 4 is 15.9 Å². The van der Waals surface area contributed by atoms with Gasteiger partial charge in [0.05, 0.1) is 0 Å². The molecule has 0 aliphatic heterocycles. The Labute approximate surface area is 113 Å². The third-order valence-electron chi connectivity index (χ3n) is 3.71. The molecule has 0 saturated heterocycles. The van der Waals surface area contributed by atoms with E-state index in [9.17, 15) is 0 Å². The topological polar surface area (TPSA) is 9.23 Å². The van der Waals surface area contributed by atoms with Crippen LogP contribution in [-0.2, 0) is 11.2 Å². The number of aryl methyl sites for hydroxylation is 1. The van der Waals surface area contributed by atoms with Crippen LogP contribution in [0.2, 0.25) is 0 Å². The molecule has 1 nitrogen and oxygen atoms in total. The molecule has 0 heterocycles. The van der Waals surface area contributed by atoms with Gasteiger partial charge in [0, 0.05) is 18.5 Å². The van der Waals surface area contributed by atoms with Gasteiger partial charge < -0.3 is 4.74 Å². The Kier molecular flexibility index (Phi) is 5.05. The van der Waals surface area contributed by atoms with E-state index in [0.717, 1.165) is 12.5 Å². The molecule has 94 valence electrons. The van der Waals surface area contributed by atoms with Crippen LogP contribution in [0, 0.1) is 5.92 Å². The number of rotatable bonds is 4. The van der Waals surface area contributed by atoms with Gasteiger partial charge >= 0.3 is 0 Å². The van der Waals surface area contributed by atoms with Gasteiger partial charge in [-0.05, 0) is 49.1 Å². The highest BCUT2D eigenvalue weighted by Gasteiger charge is 2.24. The van der Waals surface area contributed by atoms with Crippen LogP contribution in [-0.4, -0.2) is 13.7 Å². The zero-order valence-electron chi connectivity index (χ0n) is 10.5. The minimum Gasteiger partial charge on any atom is -0.385 e. The second-order valence-corrected chi connectivity index (χ2v) is 5.87. The first-order valence-corrected chi connectivity index (χ1v) is 7.45. The second kappa shape index (κ2) is 6.55. The molecule has 0 spiro atoms. The van der Waals surface area contributed by atoms with Gasteiger partial charge in [-0.1, -0.05) is 40.2 Å². The molecule has 1 aromatic carbocycles. The summed E-state index contributed by atoms with van der Waals surface area (Å²) in [5.74, 6) is 0.758. The largest absolute Gasteiger partial charge is 0.385 e. The zero-order chi connectivity index (χ0) is 12.1. The predicted octanol–water partition coefficient (Wildman–Crippen LogP) is 4.50.